The Morgan fingerprint density at radius 3 is 2.26 bits per heavy atom. The van der Waals surface area contributed by atoms with Crippen LogP contribution < -0.4 is 5.32 Å². The number of carbonyl (C=O) groups excluding carboxylic acids is 3. The molecule has 2 aromatic carbocycles. The molecule has 0 heterocycles. The molecule has 8 atom stereocenters. The predicted molar refractivity (Wildman–Crippen MR) is 209 cm³/mol. The van der Waals surface area contributed by atoms with Crippen molar-refractivity contribution in [3.05, 3.63) is 77.4 Å². The van der Waals surface area contributed by atoms with Crippen LogP contribution in [0.5, 0.6) is 0 Å². The summed E-state index contributed by atoms with van der Waals surface area (Å²) in [6, 6.07) is 18.2. The Hall–Kier alpha value is -3.45. The molecule has 0 spiro atoms. The third-order valence-electron chi connectivity index (χ3n) is 15.7. The first-order valence-electron chi connectivity index (χ1n) is 20.4. The SMILES string of the molecule is COC(=O)CN(CCNC(=O)C12CCCC1C1CCC3C(C)(CCC4C(C)(C)C(c5ccc(C(=O)OC)cc5)=CCC43C)C1CC2)Cc1ccccc1. The van der Waals surface area contributed by atoms with Crippen molar-refractivity contribution >= 4 is 23.4 Å². The summed E-state index contributed by atoms with van der Waals surface area (Å²) in [6.45, 7) is 12.2. The summed E-state index contributed by atoms with van der Waals surface area (Å²) in [5, 5.41) is 3.40. The van der Waals surface area contributed by atoms with E-state index in [4.69, 9.17) is 9.47 Å². The van der Waals surface area contributed by atoms with E-state index in [1.165, 1.54) is 57.5 Å². The predicted octanol–water partition coefficient (Wildman–Crippen LogP) is 8.72. The fourth-order valence-corrected chi connectivity index (χ4v) is 13.4. The lowest BCUT2D eigenvalue weighted by Crippen LogP contribution is -2.62. The summed E-state index contributed by atoms with van der Waals surface area (Å²) >= 11 is 0. The fourth-order valence-electron chi connectivity index (χ4n) is 13.4. The Labute approximate surface area is 317 Å². The van der Waals surface area contributed by atoms with Crippen molar-refractivity contribution in [3.8, 4) is 0 Å². The summed E-state index contributed by atoms with van der Waals surface area (Å²) in [4.78, 5) is 40.8. The van der Waals surface area contributed by atoms with Crippen LogP contribution in [0.15, 0.2) is 60.7 Å². The van der Waals surface area contributed by atoms with E-state index in [-0.39, 0.29) is 46.1 Å². The lowest BCUT2D eigenvalue weighted by Gasteiger charge is -2.68. The monoisotopic (exact) mass is 722 g/mol. The van der Waals surface area contributed by atoms with Crippen LogP contribution in [0, 0.1) is 51.2 Å². The van der Waals surface area contributed by atoms with Gasteiger partial charge in [0.15, 0.2) is 0 Å². The molecule has 4 fully saturated rings. The molecule has 2 aromatic rings. The molecular formula is C46H62N2O5. The second kappa shape index (κ2) is 14.7. The zero-order valence-corrected chi connectivity index (χ0v) is 33.0. The van der Waals surface area contributed by atoms with Crippen LogP contribution in [-0.4, -0.2) is 56.6 Å². The zero-order valence-electron chi connectivity index (χ0n) is 33.0. The number of nitrogens with zero attached hydrogens (tertiary/aromatic N) is 1. The topological polar surface area (TPSA) is 84.9 Å². The molecule has 7 heteroatoms. The smallest absolute Gasteiger partial charge is 0.337 e. The molecule has 286 valence electrons. The summed E-state index contributed by atoms with van der Waals surface area (Å²) in [5.74, 6) is 2.71. The van der Waals surface area contributed by atoms with E-state index < -0.39 is 0 Å². The highest BCUT2D eigenvalue weighted by Crippen LogP contribution is 2.73. The molecule has 53 heavy (non-hydrogen) atoms. The molecule has 0 aromatic heterocycles. The average molecular weight is 723 g/mol. The lowest BCUT2D eigenvalue weighted by molar-refractivity contribution is -0.181. The van der Waals surface area contributed by atoms with Crippen LogP contribution in [0.2, 0.25) is 0 Å². The summed E-state index contributed by atoms with van der Waals surface area (Å²) in [7, 11) is 2.86. The van der Waals surface area contributed by atoms with Gasteiger partial charge in [-0.2, -0.15) is 0 Å². The van der Waals surface area contributed by atoms with E-state index in [1.807, 2.05) is 30.3 Å². The summed E-state index contributed by atoms with van der Waals surface area (Å²) in [5.41, 5.74) is 4.66. The van der Waals surface area contributed by atoms with Gasteiger partial charge in [0.25, 0.3) is 0 Å². The van der Waals surface area contributed by atoms with Crippen molar-refractivity contribution in [1.82, 2.24) is 10.2 Å². The number of fused-ring (bicyclic) bond motifs is 7. The number of nitrogens with one attached hydrogen (secondary N) is 1. The molecule has 1 amide bonds. The minimum atomic E-state index is -0.292. The zero-order chi connectivity index (χ0) is 37.6. The van der Waals surface area contributed by atoms with Gasteiger partial charge in [0, 0.05) is 19.6 Å². The molecule has 4 saturated carbocycles. The van der Waals surface area contributed by atoms with Gasteiger partial charge in [-0.05, 0) is 132 Å². The van der Waals surface area contributed by atoms with Gasteiger partial charge in [-0.3, -0.25) is 14.5 Å². The Bertz CT molecular complexity index is 1700. The largest absolute Gasteiger partial charge is 0.468 e. The van der Waals surface area contributed by atoms with E-state index >= 15 is 0 Å². The molecular weight excluding hydrogens is 661 g/mol. The van der Waals surface area contributed by atoms with Crippen molar-refractivity contribution in [1.29, 1.82) is 0 Å². The van der Waals surface area contributed by atoms with Crippen molar-refractivity contribution < 1.29 is 23.9 Å². The third-order valence-corrected chi connectivity index (χ3v) is 15.7. The average Bonchev–Trinajstić information content (AvgIpc) is 3.61. The van der Waals surface area contributed by atoms with Crippen LogP contribution in [0.4, 0.5) is 0 Å². The highest BCUT2D eigenvalue weighted by Gasteiger charge is 2.66. The second-order valence-corrected chi connectivity index (χ2v) is 18.3. The highest BCUT2D eigenvalue weighted by atomic mass is 16.5. The maximum Gasteiger partial charge on any atom is 0.337 e. The molecule has 0 radical (unpaired) electrons. The van der Waals surface area contributed by atoms with Crippen LogP contribution in [0.3, 0.4) is 0 Å². The van der Waals surface area contributed by atoms with Gasteiger partial charge in [0.1, 0.15) is 0 Å². The minimum absolute atomic E-state index is 0.0246. The van der Waals surface area contributed by atoms with Gasteiger partial charge in [-0.1, -0.05) is 82.7 Å². The number of ether oxygens (including phenoxy) is 2. The first-order chi connectivity index (χ1) is 25.4. The number of esters is 2. The minimum Gasteiger partial charge on any atom is -0.468 e. The molecule has 5 aliphatic rings. The number of allylic oxidation sites excluding steroid dienone is 2. The number of hydrogen-bond acceptors (Lipinski definition) is 6. The Morgan fingerprint density at radius 1 is 0.792 bits per heavy atom. The number of carbonyl (C=O) groups is 3. The van der Waals surface area contributed by atoms with Crippen molar-refractivity contribution in [2.45, 2.75) is 98.4 Å². The number of rotatable bonds is 10. The first kappa shape index (κ1) is 37.8. The van der Waals surface area contributed by atoms with Gasteiger partial charge in [-0.15, -0.1) is 0 Å². The number of methoxy groups -OCH3 is 2. The molecule has 1 N–H and O–H groups in total. The lowest BCUT2D eigenvalue weighted by atomic mass is 9.36. The van der Waals surface area contributed by atoms with E-state index in [0.29, 0.717) is 54.8 Å². The highest BCUT2D eigenvalue weighted by molar-refractivity contribution is 5.90. The Morgan fingerprint density at radius 2 is 1.55 bits per heavy atom. The van der Waals surface area contributed by atoms with Gasteiger partial charge in [0.2, 0.25) is 5.91 Å². The van der Waals surface area contributed by atoms with Crippen LogP contribution in [-0.2, 0) is 25.6 Å². The van der Waals surface area contributed by atoms with Crippen LogP contribution in [0.1, 0.15) is 113 Å². The van der Waals surface area contributed by atoms with Crippen LogP contribution in [0.25, 0.3) is 5.57 Å². The fraction of sp³-hybridized carbons (Fsp3) is 0.630. The van der Waals surface area contributed by atoms with Gasteiger partial charge in [-0.25, -0.2) is 4.79 Å². The van der Waals surface area contributed by atoms with E-state index in [9.17, 15) is 14.4 Å². The molecule has 0 saturated heterocycles. The number of amides is 1. The normalized spacial score (nSPS) is 34.1. The first-order valence-corrected chi connectivity index (χ1v) is 20.4. The van der Waals surface area contributed by atoms with Gasteiger partial charge in [0.05, 0.1) is 31.7 Å². The Balaban J connectivity index is 1.05. The molecule has 7 nitrogen and oxygen atoms in total. The standard InChI is InChI=1S/C46H62N2O5/c1-43(2)35(32-14-16-33(17-15-32)41(50)53-6)20-24-45(4)38(43)22-25-44(3)36-21-26-46(23-10-13-37(46)34(36)18-19-39(44)45)42(51)47-27-28-48(30-40(49)52-5)29-31-11-8-7-9-12-31/h7-9,11-12,14-17,20,34,36-39H,10,13,18-19,21-30H2,1-6H3,(H,47,51). The van der Waals surface area contributed by atoms with Crippen molar-refractivity contribution in [2.75, 3.05) is 33.9 Å². The number of benzene rings is 2. The molecule has 0 aliphatic heterocycles. The van der Waals surface area contributed by atoms with Crippen molar-refractivity contribution in [2.24, 2.45) is 51.2 Å². The second-order valence-electron chi connectivity index (χ2n) is 18.3. The maximum atomic E-state index is 14.3. The molecule has 5 aliphatic carbocycles. The molecule has 8 unspecified atom stereocenters. The van der Waals surface area contributed by atoms with E-state index in [2.05, 4.69) is 68.3 Å². The Kier molecular flexibility index (Phi) is 10.5. The van der Waals surface area contributed by atoms with E-state index in [1.54, 1.807) is 0 Å². The third kappa shape index (κ3) is 6.57. The molecule has 0 bridgehead atoms. The van der Waals surface area contributed by atoms with Crippen LogP contribution >= 0.6 is 0 Å². The number of hydrogen-bond donors (Lipinski definition) is 1. The maximum absolute atomic E-state index is 14.3. The summed E-state index contributed by atoms with van der Waals surface area (Å²) in [6.07, 6.45) is 14.1. The molecule has 7 rings (SSSR count). The van der Waals surface area contributed by atoms with E-state index in [0.717, 1.165) is 37.7 Å². The van der Waals surface area contributed by atoms with Gasteiger partial charge < -0.3 is 14.8 Å². The quantitative estimate of drug-likeness (QED) is 0.247. The van der Waals surface area contributed by atoms with Crippen molar-refractivity contribution in [3.63, 3.8) is 0 Å². The summed E-state index contributed by atoms with van der Waals surface area (Å²) < 4.78 is 9.94. The van der Waals surface area contributed by atoms with Gasteiger partial charge >= 0.3 is 11.9 Å².